The highest BCUT2D eigenvalue weighted by atomic mass is 16.3. The number of hydrogen-bond acceptors (Lipinski definition) is 1. The number of rotatable bonds is 4. The minimum absolute atomic E-state index is 0.530. The monoisotopic (exact) mass is 254 g/mol. The average molecular weight is 254 g/mol. The molecule has 1 heteroatoms. The third kappa shape index (κ3) is 3.05. The van der Waals surface area contributed by atoms with Gasteiger partial charge in [-0.05, 0) is 48.1 Å². The van der Waals surface area contributed by atoms with E-state index < -0.39 is 6.10 Å². The Morgan fingerprint density at radius 1 is 1.00 bits per heavy atom. The first-order valence-corrected chi connectivity index (χ1v) is 6.96. The van der Waals surface area contributed by atoms with E-state index in [1.807, 2.05) is 18.2 Å². The Morgan fingerprint density at radius 2 is 1.63 bits per heavy atom. The Hall–Kier alpha value is -1.60. The van der Waals surface area contributed by atoms with E-state index in [-0.39, 0.29) is 0 Å². The second-order valence-electron chi connectivity index (χ2n) is 5.20. The molecule has 100 valence electrons. The van der Waals surface area contributed by atoms with Gasteiger partial charge in [0.05, 0.1) is 0 Å². The van der Waals surface area contributed by atoms with E-state index in [0.29, 0.717) is 0 Å². The molecule has 0 amide bonds. The highest BCUT2D eigenvalue weighted by Gasteiger charge is 2.15. The Balaban J connectivity index is 2.38. The van der Waals surface area contributed by atoms with Crippen LogP contribution in [-0.4, -0.2) is 5.11 Å². The summed E-state index contributed by atoms with van der Waals surface area (Å²) in [6.07, 6.45) is 1.66. The fourth-order valence-electron chi connectivity index (χ4n) is 2.63. The van der Waals surface area contributed by atoms with Gasteiger partial charge < -0.3 is 5.11 Å². The van der Waals surface area contributed by atoms with Crippen LogP contribution in [0.2, 0.25) is 0 Å². The first-order valence-electron chi connectivity index (χ1n) is 6.96. The van der Waals surface area contributed by atoms with Crippen LogP contribution in [0.15, 0.2) is 42.5 Å². The SMILES string of the molecule is CCCc1cccc(C(O)c2c(C)cccc2C)c1. The summed E-state index contributed by atoms with van der Waals surface area (Å²) in [5.41, 5.74) is 5.62. The van der Waals surface area contributed by atoms with Crippen LogP contribution in [0, 0.1) is 13.8 Å². The molecule has 0 aliphatic carbocycles. The van der Waals surface area contributed by atoms with Crippen LogP contribution in [0.1, 0.15) is 47.3 Å². The average Bonchev–Trinajstić information content (AvgIpc) is 2.39. The molecule has 0 heterocycles. The van der Waals surface area contributed by atoms with Gasteiger partial charge in [-0.1, -0.05) is 55.8 Å². The highest BCUT2D eigenvalue weighted by molar-refractivity contribution is 5.41. The van der Waals surface area contributed by atoms with Crippen LogP contribution in [0.25, 0.3) is 0 Å². The van der Waals surface area contributed by atoms with Crippen LogP contribution in [0.3, 0.4) is 0 Å². The molecule has 2 aromatic rings. The van der Waals surface area contributed by atoms with Crippen molar-refractivity contribution in [1.29, 1.82) is 0 Å². The van der Waals surface area contributed by atoms with Crippen molar-refractivity contribution in [3.05, 3.63) is 70.3 Å². The molecule has 1 N–H and O–H groups in total. The molecule has 0 aliphatic heterocycles. The van der Waals surface area contributed by atoms with Crippen LogP contribution in [0.5, 0.6) is 0 Å². The van der Waals surface area contributed by atoms with E-state index in [0.717, 1.165) is 35.1 Å². The van der Waals surface area contributed by atoms with Crippen molar-refractivity contribution in [1.82, 2.24) is 0 Å². The van der Waals surface area contributed by atoms with Crippen LogP contribution >= 0.6 is 0 Å². The molecule has 0 fully saturated rings. The minimum Gasteiger partial charge on any atom is -0.384 e. The van der Waals surface area contributed by atoms with Crippen molar-refractivity contribution in [2.45, 2.75) is 39.7 Å². The molecule has 0 spiro atoms. The summed E-state index contributed by atoms with van der Waals surface area (Å²) in [7, 11) is 0. The smallest absolute Gasteiger partial charge is 0.105 e. The van der Waals surface area contributed by atoms with Crippen molar-refractivity contribution < 1.29 is 5.11 Å². The van der Waals surface area contributed by atoms with Gasteiger partial charge in [0.25, 0.3) is 0 Å². The predicted molar refractivity (Wildman–Crippen MR) is 80.4 cm³/mol. The largest absolute Gasteiger partial charge is 0.384 e. The molecule has 1 unspecified atom stereocenters. The summed E-state index contributed by atoms with van der Waals surface area (Å²) < 4.78 is 0. The number of benzene rings is 2. The number of hydrogen-bond donors (Lipinski definition) is 1. The van der Waals surface area contributed by atoms with Gasteiger partial charge in [-0.2, -0.15) is 0 Å². The zero-order chi connectivity index (χ0) is 13.8. The maximum absolute atomic E-state index is 10.6. The van der Waals surface area contributed by atoms with E-state index in [1.165, 1.54) is 5.56 Å². The molecule has 0 aliphatic rings. The second-order valence-corrected chi connectivity index (χ2v) is 5.20. The van der Waals surface area contributed by atoms with E-state index in [1.54, 1.807) is 0 Å². The van der Waals surface area contributed by atoms with E-state index in [9.17, 15) is 5.11 Å². The third-order valence-corrected chi connectivity index (χ3v) is 3.62. The first-order chi connectivity index (χ1) is 9.13. The zero-order valence-corrected chi connectivity index (χ0v) is 12.0. The van der Waals surface area contributed by atoms with Gasteiger partial charge in [-0.3, -0.25) is 0 Å². The van der Waals surface area contributed by atoms with Gasteiger partial charge in [0.1, 0.15) is 6.10 Å². The van der Waals surface area contributed by atoms with Gasteiger partial charge in [0.2, 0.25) is 0 Å². The predicted octanol–water partition coefficient (Wildman–Crippen LogP) is 4.34. The molecular weight excluding hydrogens is 232 g/mol. The minimum atomic E-state index is -0.530. The quantitative estimate of drug-likeness (QED) is 0.860. The molecule has 0 aromatic heterocycles. The molecule has 2 rings (SSSR count). The summed E-state index contributed by atoms with van der Waals surface area (Å²) in [4.78, 5) is 0. The molecule has 19 heavy (non-hydrogen) atoms. The molecule has 0 saturated carbocycles. The Labute approximate surface area is 115 Å². The van der Waals surface area contributed by atoms with E-state index in [2.05, 4.69) is 45.0 Å². The van der Waals surface area contributed by atoms with E-state index in [4.69, 9.17) is 0 Å². The van der Waals surface area contributed by atoms with Gasteiger partial charge >= 0.3 is 0 Å². The lowest BCUT2D eigenvalue weighted by atomic mass is 9.92. The lowest BCUT2D eigenvalue weighted by Crippen LogP contribution is -2.05. The zero-order valence-electron chi connectivity index (χ0n) is 12.0. The Bertz CT molecular complexity index is 537. The normalized spacial score (nSPS) is 12.4. The summed E-state index contributed by atoms with van der Waals surface area (Å²) in [5, 5.41) is 10.6. The molecular formula is C18H22O. The van der Waals surface area contributed by atoms with Crippen LogP contribution < -0.4 is 0 Å². The number of aliphatic hydroxyl groups is 1. The van der Waals surface area contributed by atoms with Crippen molar-refractivity contribution in [2.24, 2.45) is 0 Å². The summed E-state index contributed by atoms with van der Waals surface area (Å²) in [5.74, 6) is 0. The maximum Gasteiger partial charge on any atom is 0.105 e. The summed E-state index contributed by atoms with van der Waals surface area (Å²) in [6, 6.07) is 14.5. The standard InChI is InChI=1S/C18H22O/c1-4-7-15-10-6-11-16(12-15)18(19)17-13(2)8-5-9-14(17)3/h5-6,8-12,18-19H,4,7H2,1-3H3. The molecule has 0 radical (unpaired) electrons. The van der Waals surface area contributed by atoms with Gasteiger partial charge in [0, 0.05) is 0 Å². The van der Waals surface area contributed by atoms with Crippen LogP contribution in [0.4, 0.5) is 0 Å². The molecule has 0 bridgehead atoms. The van der Waals surface area contributed by atoms with Gasteiger partial charge in [-0.15, -0.1) is 0 Å². The van der Waals surface area contributed by atoms with Crippen molar-refractivity contribution in [2.75, 3.05) is 0 Å². The molecule has 0 saturated heterocycles. The van der Waals surface area contributed by atoms with Crippen LogP contribution in [-0.2, 0) is 6.42 Å². The lowest BCUT2D eigenvalue weighted by molar-refractivity contribution is 0.218. The molecule has 1 nitrogen and oxygen atoms in total. The summed E-state index contributed by atoms with van der Waals surface area (Å²) >= 11 is 0. The summed E-state index contributed by atoms with van der Waals surface area (Å²) in [6.45, 7) is 6.29. The van der Waals surface area contributed by atoms with E-state index >= 15 is 0 Å². The highest BCUT2D eigenvalue weighted by Crippen LogP contribution is 2.28. The first kappa shape index (κ1) is 13.8. The number of aryl methyl sites for hydroxylation is 3. The Kier molecular flexibility index (Phi) is 4.39. The second kappa shape index (κ2) is 6.03. The number of aliphatic hydroxyl groups excluding tert-OH is 1. The van der Waals surface area contributed by atoms with Crippen molar-refractivity contribution in [3.63, 3.8) is 0 Å². The molecule has 2 aromatic carbocycles. The van der Waals surface area contributed by atoms with Crippen molar-refractivity contribution >= 4 is 0 Å². The molecule has 1 atom stereocenters. The lowest BCUT2D eigenvalue weighted by Gasteiger charge is -2.17. The fraction of sp³-hybridized carbons (Fsp3) is 0.333. The maximum atomic E-state index is 10.6. The fourth-order valence-corrected chi connectivity index (χ4v) is 2.63. The van der Waals surface area contributed by atoms with Crippen molar-refractivity contribution in [3.8, 4) is 0 Å². The van der Waals surface area contributed by atoms with Gasteiger partial charge in [0.15, 0.2) is 0 Å². The Morgan fingerprint density at radius 3 is 2.26 bits per heavy atom. The third-order valence-electron chi connectivity index (χ3n) is 3.62. The topological polar surface area (TPSA) is 20.2 Å². The van der Waals surface area contributed by atoms with Gasteiger partial charge in [-0.25, -0.2) is 0 Å².